The van der Waals surface area contributed by atoms with Gasteiger partial charge in [-0.25, -0.2) is 8.42 Å². The number of rotatable bonds is 15. The van der Waals surface area contributed by atoms with Crippen LogP contribution in [-0.2, 0) is 39.0 Å². The van der Waals surface area contributed by atoms with E-state index in [9.17, 15) is 18.0 Å². The largest absolute Gasteiger partial charge is 0.354 e. The zero-order valence-corrected chi connectivity index (χ0v) is 27.6. The van der Waals surface area contributed by atoms with Crippen LogP contribution in [0, 0.1) is 5.92 Å². The Bertz CT molecular complexity index is 1470. The average molecular weight is 647 g/mol. The van der Waals surface area contributed by atoms with E-state index in [1.807, 2.05) is 63.2 Å². The third-order valence-corrected chi connectivity index (χ3v) is 9.01. The molecular formula is C33H41Cl2N3O4S. The smallest absolute Gasteiger partial charge is 0.243 e. The number of sulfonamides is 1. The first-order valence-electron chi connectivity index (χ1n) is 14.5. The second-order valence-corrected chi connectivity index (χ2v) is 13.8. The Morgan fingerprint density at radius 3 is 2.12 bits per heavy atom. The molecule has 0 aliphatic rings. The topological polar surface area (TPSA) is 86.8 Å². The minimum absolute atomic E-state index is 0.0448. The van der Waals surface area contributed by atoms with E-state index < -0.39 is 16.1 Å². The van der Waals surface area contributed by atoms with Crippen molar-refractivity contribution in [3.8, 4) is 0 Å². The van der Waals surface area contributed by atoms with Gasteiger partial charge in [0.1, 0.15) is 6.04 Å². The van der Waals surface area contributed by atoms with Crippen LogP contribution in [0.4, 0.5) is 5.69 Å². The number of hydrogen-bond donors (Lipinski definition) is 1. The lowest BCUT2D eigenvalue weighted by Crippen LogP contribution is -2.51. The second-order valence-electron chi connectivity index (χ2n) is 11.1. The molecule has 0 aromatic heterocycles. The van der Waals surface area contributed by atoms with Gasteiger partial charge in [-0.1, -0.05) is 92.5 Å². The van der Waals surface area contributed by atoms with E-state index in [0.717, 1.165) is 29.4 Å². The van der Waals surface area contributed by atoms with Gasteiger partial charge in [0.15, 0.2) is 0 Å². The predicted octanol–water partition coefficient (Wildman–Crippen LogP) is 6.51. The number of amides is 2. The maximum atomic E-state index is 13.9. The van der Waals surface area contributed by atoms with Gasteiger partial charge in [-0.05, 0) is 59.7 Å². The van der Waals surface area contributed by atoms with Crippen molar-refractivity contribution in [1.82, 2.24) is 10.2 Å². The number of carbonyl (C=O) groups excluding carboxylic acids is 2. The number of hydrogen-bond acceptors (Lipinski definition) is 4. The highest BCUT2D eigenvalue weighted by atomic mass is 35.5. The van der Waals surface area contributed by atoms with Crippen LogP contribution in [0.25, 0.3) is 0 Å². The van der Waals surface area contributed by atoms with Gasteiger partial charge >= 0.3 is 0 Å². The van der Waals surface area contributed by atoms with Crippen molar-refractivity contribution in [2.75, 3.05) is 23.7 Å². The Morgan fingerprint density at radius 1 is 0.884 bits per heavy atom. The van der Waals surface area contributed by atoms with Gasteiger partial charge in [0, 0.05) is 32.5 Å². The monoisotopic (exact) mass is 645 g/mol. The first-order chi connectivity index (χ1) is 20.4. The van der Waals surface area contributed by atoms with Gasteiger partial charge < -0.3 is 10.2 Å². The Morgan fingerprint density at radius 2 is 1.53 bits per heavy atom. The summed E-state index contributed by atoms with van der Waals surface area (Å²) in [4.78, 5) is 29.1. The van der Waals surface area contributed by atoms with Crippen molar-refractivity contribution in [3.05, 3.63) is 99.5 Å². The average Bonchev–Trinajstić information content (AvgIpc) is 2.97. The maximum absolute atomic E-state index is 13.9. The minimum atomic E-state index is -3.58. The van der Waals surface area contributed by atoms with Gasteiger partial charge in [-0.3, -0.25) is 13.9 Å². The molecule has 0 aliphatic heterocycles. The minimum Gasteiger partial charge on any atom is -0.354 e. The van der Waals surface area contributed by atoms with Crippen molar-refractivity contribution in [1.29, 1.82) is 0 Å². The van der Waals surface area contributed by atoms with E-state index in [2.05, 4.69) is 5.32 Å². The normalized spacial score (nSPS) is 12.2. The molecule has 0 saturated carbocycles. The van der Waals surface area contributed by atoms with E-state index in [4.69, 9.17) is 23.2 Å². The quantitative estimate of drug-likeness (QED) is 0.204. The Labute approximate surface area is 266 Å². The van der Waals surface area contributed by atoms with Gasteiger partial charge in [-0.15, -0.1) is 0 Å². The van der Waals surface area contributed by atoms with Crippen molar-refractivity contribution >= 4 is 50.7 Å². The van der Waals surface area contributed by atoms with Crippen LogP contribution >= 0.6 is 23.2 Å². The van der Waals surface area contributed by atoms with E-state index >= 15 is 0 Å². The molecule has 3 rings (SSSR count). The third kappa shape index (κ3) is 10.6. The molecule has 0 spiro atoms. The van der Waals surface area contributed by atoms with Crippen LogP contribution in [0.3, 0.4) is 0 Å². The first-order valence-corrected chi connectivity index (χ1v) is 17.1. The van der Waals surface area contributed by atoms with Crippen LogP contribution in [0.2, 0.25) is 10.0 Å². The molecule has 1 atom stereocenters. The maximum Gasteiger partial charge on any atom is 0.243 e. The molecule has 43 heavy (non-hydrogen) atoms. The third-order valence-electron chi connectivity index (χ3n) is 7.08. The molecule has 10 heteroatoms. The summed E-state index contributed by atoms with van der Waals surface area (Å²) < 4.78 is 26.7. The molecule has 0 aliphatic carbocycles. The fourth-order valence-electron chi connectivity index (χ4n) is 4.71. The summed E-state index contributed by atoms with van der Waals surface area (Å²) in [5.74, 6) is -0.282. The van der Waals surface area contributed by atoms with Gasteiger partial charge in [-0.2, -0.15) is 0 Å². The van der Waals surface area contributed by atoms with Gasteiger partial charge in [0.05, 0.1) is 22.0 Å². The summed E-state index contributed by atoms with van der Waals surface area (Å²) in [6, 6.07) is 21.3. The van der Waals surface area contributed by atoms with E-state index in [1.54, 1.807) is 35.2 Å². The first kappa shape index (κ1) is 34.4. The number of nitrogens with one attached hydrogen (secondary N) is 1. The fraction of sp³-hybridized carbons (Fsp3) is 0.394. The number of halogens is 2. The molecule has 0 radical (unpaired) electrons. The molecule has 0 fully saturated rings. The summed E-state index contributed by atoms with van der Waals surface area (Å²) in [5.41, 5.74) is 3.30. The Hall–Kier alpha value is -3.07. The molecule has 3 aromatic rings. The molecule has 0 bridgehead atoms. The van der Waals surface area contributed by atoms with Gasteiger partial charge in [0.25, 0.3) is 0 Å². The summed E-state index contributed by atoms with van der Waals surface area (Å²) in [7, 11) is -3.58. The highest BCUT2D eigenvalue weighted by molar-refractivity contribution is 7.92. The van der Waals surface area contributed by atoms with Crippen molar-refractivity contribution < 1.29 is 18.0 Å². The van der Waals surface area contributed by atoms with E-state index in [1.165, 1.54) is 4.31 Å². The molecule has 232 valence electrons. The number of nitrogens with zero attached hydrogens (tertiary/aromatic N) is 2. The fourth-order valence-corrected chi connectivity index (χ4v) is 6.00. The SMILES string of the molecule is CCc1ccc(N(CCCC(=O)N(Cc2ccc(Cl)c(Cl)c2)[C@@H](Cc2ccccc2)C(=O)NCC(C)C)S(C)(=O)=O)cc1. The Balaban J connectivity index is 1.89. The Kier molecular flexibility index (Phi) is 12.9. The summed E-state index contributed by atoms with van der Waals surface area (Å²) in [6.07, 6.45) is 2.64. The van der Waals surface area contributed by atoms with Crippen molar-refractivity contribution in [3.63, 3.8) is 0 Å². The molecule has 7 nitrogen and oxygen atoms in total. The molecule has 3 aromatic carbocycles. The van der Waals surface area contributed by atoms with E-state index in [0.29, 0.717) is 28.7 Å². The van der Waals surface area contributed by atoms with Crippen LogP contribution in [0.15, 0.2) is 72.8 Å². The van der Waals surface area contributed by atoms with Crippen molar-refractivity contribution in [2.24, 2.45) is 5.92 Å². The number of benzene rings is 3. The highest BCUT2D eigenvalue weighted by Crippen LogP contribution is 2.25. The number of aryl methyl sites for hydroxylation is 1. The second kappa shape index (κ2) is 16.1. The standard InChI is InChI=1S/C33H41Cl2N3O4S/c1-5-25-13-16-28(17-14-25)38(43(4,41)42)19-9-12-32(39)37(23-27-15-18-29(34)30(35)20-27)31(33(40)36-22-24(2)3)21-26-10-7-6-8-11-26/h6-8,10-11,13-18,20,24,31H,5,9,12,19,21-23H2,1-4H3,(H,36,40)/t31-/m0/s1. The molecular weight excluding hydrogens is 605 g/mol. The van der Waals surface area contributed by atoms with Crippen LogP contribution in [-0.4, -0.2) is 50.5 Å². The summed E-state index contributed by atoms with van der Waals surface area (Å²) >= 11 is 12.4. The summed E-state index contributed by atoms with van der Waals surface area (Å²) in [6.45, 7) is 6.78. The van der Waals surface area contributed by atoms with Crippen LogP contribution in [0.1, 0.15) is 50.3 Å². The molecule has 0 saturated heterocycles. The predicted molar refractivity (Wildman–Crippen MR) is 176 cm³/mol. The lowest BCUT2D eigenvalue weighted by Gasteiger charge is -2.32. The molecule has 1 N–H and O–H groups in total. The van der Waals surface area contributed by atoms with Gasteiger partial charge in [0.2, 0.25) is 21.8 Å². The molecule has 2 amide bonds. The number of anilines is 1. The molecule has 0 unspecified atom stereocenters. The van der Waals surface area contributed by atoms with Crippen LogP contribution < -0.4 is 9.62 Å². The molecule has 0 heterocycles. The lowest BCUT2D eigenvalue weighted by atomic mass is 10.0. The van der Waals surface area contributed by atoms with Crippen molar-refractivity contribution in [2.45, 2.75) is 59.0 Å². The summed E-state index contributed by atoms with van der Waals surface area (Å²) in [5, 5.41) is 3.75. The zero-order valence-electron chi connectivity index (χ0n) is 25.2. The zero-order chi connectivity index (χ0) is 31.6. The lowest BCUT2D eigenvalue weighted by molar-refractivity contribution is -0.141. The van der Waals surface area contributed by atoms with Crippen LogP contribution in [0.5, 0.6) is 0 Å². The van der Waals surface area contributed by atoms with E-state index in [-0.39, 0.29) is 43.7 Å². The highest BCUT2D eigenvalue weighted by Gasteiger charge is 2.30. The number of carbonyl (C=O) groups is 2.